The minimum atomic E-state index is -1.24. The van der Waals surface area contributed by atoms with Gasteiger partial charge in [-0.25, -0.2) is 4.79 Å². The molecule has 0 spiro atoms. The summed E-state index contributed by atoms with van der Waals surface area (Å²) in [6.07, 6.45) is 1.65. The quantitative estimate of drug-likeness (QED) is 0.372. The van der Waals surface area contributed by atoms with Crippen LogP contribution in [0.5, 0.6) is 0 Å². The van der Waals surface area contributed by atoms with Crippen LogP contribution in [0, 0.1) is 0 Å². The van der Waals surface area contributed by atoms with Gasteiger partial charge < -0.3 is 13.9 Å². The second-order valence-corrected chi connectivity index (χ2v) is 5.08. The van der Waals surface area contributed by atoms with Gasteiger partial charge >= 0.3 is 5.97 Å². The molecule has 0 bridgehead atoms. The van der Waals surface area contributed by atoms with Gasteiger partial charge in [0.25, 0.3) is 9.76 Å². The van der Waals surface area contributed by atoms with Crippen LogP contribution in [0.25, 0.3) is 0 Å². The van der Waals surface area contributed by atoms with E-state index in [0.717, 1.165) is 12.8 Å². The van der Waals surface area contributed by atoms with Crippen molar-refractivity contribution in [2.24, 2.45) is 0 Å². The molecule has 0 radical (unpaired) electrons. The predicted molar refractivity (Wildman–Crippen MR) is 61.1 cm³/mol. The maximum Gasteiger partial charge on any atom is 0.319 e. The van der Waals surface area contributed by atoms with Crippen LogP contribution < -0.4 is 0 Å². The SMILES string of the molecule is C=C(C)C(=O)O[SiH2]C(CCC)(OC)OC. The van der Waals surface area contributed by atoms with Gasteiger partial charge in [0.05, 0.1) is 0 Å². The molecule has 0 amide bonds. The first-order valence-electron chi connectivity index (χ1n) is 4.94. The van der Waals surface area contributed by atoms with Crippen LogP contribution in [-0.2, 0) is 18.7 Å². The van der Waals surface area contributed by atoms with Crippen LogP contribution in [0.2, 0.25) is 0 Å². The summed E-state index contributed by atoms with van der Waals surface area (Å²) in [5, 5.41) is 0. The average molecular weight is 232 g/mol. The molecular formula is C10H20O4Si. The second kappa shape index (κ2) is 6.76. The maximum atomic E-state index is 11.2. The topological polar surface area (TPSA) is 44.8 Å². The maximum absolute atomic E-state index is 11.2. The van der Waals surface area contributed by atoms with E-state index in [1.807, 2.05) is 6.92 Å². The van der Waals surface area contributed by atoms with E-state index in [1.54, 1.807) is 21.1 Å². The first kappa shape index (κ1) is 14.3. The molecule has 0 N–H and O–H groups in total. The van der Waals surface area contributed by atoms with Crippen molar-refractivity contribution in [2.75, 3.05) is 14.2 Å². The van der Waals surface area contributed by atoms with E-state index in [-0.39, 0.29) is 5.97 Å². The van der Waals surface area contributed by atoms with Gasteiger partial charge in [0, 0.05) is 26.2 Å². The van der Waals surface area contributed by atoms with Crippen molar-refractivity contribution in [1.29, 1.82) is 0 Å². The smallest absolute Gasteiger partial charge is 0.319 e. The summed E-state index contributed by atoms with van der Waals surface area (Å²) >= 11 is 0. The highest BCUT2D eigenvalue weighted by Gasteiger charge is 2.31. The summed E-state index contributed by atoms with van der Waals surface area (Å²) in [5.41, 5.74) is -0.292. The Bertz CT molecular complexity index is 223. The first-order chi connectivity index (χ1) is 7.01. The monoisotopic (exact) mass is 232 g/mol. The van der Waals surface area contributed by atoms with Crippen molar-refractivity contribution in [3.05, 3.63) is 12.2 Å². The van der Waals surface area contributed by atoms with Crippen LogP contribution in [0.3, 0.4) is 0 Å². The van der Waals surface area contributed by atoms with Gasteiger partial charge in [0.15, 0.2) is 5.41 Å². The van der Waals surface area contributed by atoms with Crippen molar-refractivity contribution in [2.45, 2.75) is 32.1 Å². The molecule has 0 fully saturated rings. The summed E-state index contributed by atoms with van der Waals surface area (Å²) in [4.78, 5) is 11.2. The second-order valence-electron chi connectivity index (χ2n) is 3.43. The number of hydrogen-bond acceptors (Lipinski definition) is 4. The minimum absolute atomic E-state index is 0.365. The first-order valence-corrected chi connectivity index (χ1v) is 6.22. The van der Waals surface area contributed by atoms with E-state index >= 15 is 0 Å². The average Bonchev–Trinajstić information content (AvgIpc) is 2.23. The van der Waals surface area contributed by atoms with Crippen molar-refractivity contribution in [3.63, 3.8) is 0 Å². The van der Waals surface area contributed by atoms with Crippen molar-refractivity contribution in [3.8, 4) is 0 Å². The molecule has 4 nitrogen and oxygen atoms in total. The summed E-state index contributed by atoms with van der Waals surface area (Å²) in [6, 6.07) is 0. The largest absolute Gasteiger partial charge is 0.516 e. The highest BCUT2D eigenvalue weighted by molar-refractivity contribution is 6.34. The molecule has 15 heavy (non-hydrogen) atoms. The van der Waals surface area contributed by atoms with Gasteiger partial charge in [-0.3, -0.25) is 0 Å². The molecule has 0 saturated carbocycles. The van der Waals surface area contributed by atoms with E-state index in [0.29, 0.717) is 5.57 Å². The third-order valence-corrected chi connectivity index (χ3v) is 3.92. The van der Waals surface area contributed by atoms with Gasteiger partial charge in [-0.15, -0.1) is 0 Å². The summed E-state index contributed by atoms with van der Waals surface area (Å²) < 4.78 is 15.7. The van der Waals surface area contributed by atoms with E-state index in [1.165, 1.54) is 0 Å². The molecule has 0 heterocycles. The highest BCUT2D eigenvalue weighted by Crippen LogP contribution is 2.17. The summed E-state index contributed by atoms with van der Waals surface area (Å²) in [5.74, 6) is -0.365. The Morgan fingerprint density at radius 3 is 2.27 bits per heavy atom. The molecule has 0 aromatic rings. The van der Waals surface area contributed by atoms with E-state index in [4.69, 9.17) is 13.9 Å². The van der Waals surface area contributed by atoms with Crippen LogP contribution in [0.4, 0.5) is 0 Å². The Kier molecular flexibility index (Phi) is 6.47. The molecule has 5 heteroatoms. The van der Waals surface area contributed by atoms with Gasteiger partial charge in [0.1, 0.15) is 0 Å². The molecular weight excluding hydrogens is 212 g/mol. The van der Waals surface area contributed by atoms with E-state index in [9.17, 15) is 4.79 Å². The zero-order valence-electron chi connectivity index (χ0n) is 9.96. The Labute approximate surface area is 93.5 Å². The molecule has 88 valence electrons. The van der Waals surface area contributed by atoms with E-state index in [2.05, 4.69) is 6.58 Å². The number of ether oxygens (including phenoxy) is 2. The minimum Gasteiger partial charge on any atom is -0.516 e. The van der Waals surface area contributed by atoms with Crippen LogP contribution in [0.1, 0.15) is 26.7 Å². The predicted octanol–water partition coefficient (Wildman–Crippen LogP) is 0.936. The number of methoxy groups -OCH3 is 2. The molecule has 0 aromatic heterocycles. The molecule has 0 aromatic carbocycles. The lowest BCUT2D eigenvalue weighted by Crippen LogP contribution is -2.42. The number of hydrogen-bond donors (Lipinski definition) is 0. The fraction of sp³-hybridized carbons (Fsp3) is 0.700. The summed E-state index contributed by atoms with van der Waals surface area (Å²) in [6.45, 7) is 7.17. The normalized spacial score (nSPS) is 12.0. The van der Waals surface area contributed by atoms with Gasteiger partial charge in [-0.05, 0) is 6.92 Å². The standard InChI is InChI=1S/C10H20O4Si/c1-6-7-10(12-4,13-5)15-14-9(11)8(2)3/h2,6-7,15H2,1,3-5H3. The summed E-state index contributed by atoms with van der Waals surface area (Å²) in [7, 11) is 1.90. The van der Waals surface area contributed by atoms with E-state index < -0.39 is 15.2 Å². The third-order valence-electron chi connectivity index (χ3n) is 2.15. The van der Waals surface area contributed by atoms with Crippen molar-refractivity contribution >= 4 is 15.7 Å². The molecule has 0 saturated heterocycles. The van der Waals surface area contributed by atoms with Crippen LogP contribution >= 0.6 is 0 Å². The lowest BCUT2D eigenvalue weighted by atomic mass is 10.3. The number of rotatable bonds is 7. The Balaban J connectivity index is 4.28. The molecule has 0 aliphatic carbocycles. The lowest BCUT2D eigenvalue weighted by Gasteiger charge is -2.29. The third kappa shape index (κ3) is 4.59. The molecule has 0 unspecified atom stereocenters. The number of carbonyl (C=O) groups excluding carboxylic acids is 1. The van der Waals surface area contributed by atoms with Crippen LogP contribution in [0.15, 0.2) is 12.2 Å². The molecule has 0 aliphatic rings. The highest BCUT2D eigenvalue weighted by atomic mass is 28.2. The van der Waals surface area contributed by atoms with Gasteiger partial charge in [0.2, 0.25) is 0 Å². The number of carbonyl (C=O) groups is 1. The zero-order valence-corrected chi connectivity index (χ0v) is 11.4. The molecule has 0 atom stereocenters. The molecule has 0 rings (SSSR count). The van der Waals surface area contributed by atoms with Gasteiger partial charge in [-0.2, -0.15) is 0 Å². The van der Waals surface area contributed by atoms with Crippen molar-refractivity contribution in [1.82, 2.24) is 0 Å². The molecule has 0 aliphatic heterocycles. The fourth-order valence-electron chi connectivity index (χ4n) is 1.16. The fourth-order valence-corrected chi connectivity index (χ4v) is 2.49. The Hall–Kier alpha value is -0.653. The Morgan fingerprint density at radius 2 is 1.93 bits per heavy atom. The van der Waals surface area contributed by atoms with Crippen LogP contribution in [-0.4, -0.2) is 35.4 Å². The zero-order chi connectivity index (χ0) is 11.9. The van der Waals surface area contributed by atoms with Gasteiger partial charge in [-0.1, -0.05) is 19.9 Å². The lowest BCUT2D eigenvalue weighted by molar-refractivity contribution is -0.160. The van der Waals surface area contributed by atoms with Crippen molar-refractivity contribution < 1.29 is 18.7 Å². The Morgan fingerprint density at radius 1 is 1.40 bits per heavy atom.